The molecule has 0 atom stereocenters. The van der Waals surface area contributed by atoms with Gasteiger partial charge in [-0.2, -0.15) is 0 Å². The van der Waals surface area contributed by atoms with Crippen molar-refractivity contribution in [3.63, 3.8) is 0 Å². The second kappa shape index (κ2) is 3.99. The highest BCUT2D eigenvalue weighted by atomic mass is 16.5. The summed E-state index contributed by atoms with van der Waals surface area (Å²) in [7, 11) is 5.69. The number of quaternary nitrogens is 1. The van der Waals surface area contributed by atoms with Crippen molar-refractivity contribution in [1.82, 2.24) is 0 Å². The fourth-order valence-corrected chi connectivity index (χ4v) is 0.656. The van der Waals surface area contributed by atoms with E-state index in [1.54, 1.807) is 0 Å². The molecule has 5 heteroatoms. The first-order valence-electron chi connectivity index (χ1n) is 3.55. The van der Waals surface area contributed by atoms with Crippen LogP contribution in [0.2, 0.25) is 0 Å². The molecular formula is C7H14N3O2+. The van der Waals surface area contributed by atoms with Crippen LogP contribution in [0, 0.1) is 0 Å². The Morgan fingerprint density at radius 3 is 2.25 bits per heavy atom. The highest BCUT2D eigenvalue weighted by Crippen LogP contribution is 1.91. The van der Waals surface area contributed by atoms with E-state index < -0.39 is 5.97 Å². The van der Waals surface area contributed by atoms with Gasteiger partial charge in [-0.15, -0.1) is 4.79 Å². The number of esters is 1. The molecule has 0 aromatic heterocycles. The monoisotopic (exact) mass is 172 g/mol. The van der Waals surface area contributed by atoms with E-state index in [1.807, 2.05) is 21.1 Å². The maximum absolute atomic E-state index is 10.5. The molecule has 0 aromatic rings. The minimum Gasteiger partial charge on any atom is -0.358 e. The zero-order valence-electron chi connectivity index (χ0n) is 7.87. The highest BCUT2D eigenvalue weighted by Gasteiger charge is 2.22. The van der Waals surface area contributed by atoms with E-state index in [4.69, 9.17) is 5.53 Å². The number of hydrogen-bond acceptors (Lipinski definition) is 2. The molecule has 0 radical (unpaired) electrons. The third-order valence-electron chi connectivity index (χ3n) is 0.983. The first kappa shape index (κ1) is 10.8. The minimum absolute atomic E-state index is 0.0370. The normalized spacial score (nSPS) is 10.3. The summed E-state index contributed by atoms with van der Waals surface area (Å²) < 4.78 is 5.16. The number of hydrogen-bond donors (Lipinski definition) is 0. The van der Waals surface area contributed by atoms with E-state index in [0.717, 1.165) is 0 Å². The Hall–Kier alpha value is -1.19. The number of nitrogens with zero attached hydrogens (tertiary/aromatic N) is 3. The van der Waals surface area contributed by atoms with Crippen LogP contribution in [0.1, 0.15) is 6.92 Å². The van der Waals surface area contributed by atoms with Gasteiger partial charge in [0.15, 0.2) is 0 Å². The van der Waals surface area contributed by atoms with Crippen molar-refractivity contribution in [2.45, 2.75) is 6.92 Å². The zero-order chi connectivity index (χ0) is 9.78. The standard InChI is InChI=1S/C7H14N3O2/c1-6(11)12-7(9-8)5-10(2,3)4/h5H2,1-4H3/q+1. The van der Waals surface area contributed by atoms with Gasteiger partial charge in [0.25, 0.3) is 0 Å². The summed E-state index contributed by atoms with van der Waals surface area (Å²) in [6.45, 7) is 1.64. The van der Waals surface area contributed by atoms with Gasteiger partial charge in [0.05, 0.1) is 21.1 Å². The van der Waals surface area contributed by atoms with Crippen molar-refractivity contribution >= 4 is 11.9 Å². The first-order valence-corrected chi connectivity index (χ1v) is 3.55. The Morgan fingerprint density at radius 2 is 2.00 bits per heavy atom. The van der Waals surface area contributed by atoms with Crippen molar-refractivity contribution in [2.24, 2.45) is 0 Å². The second-order valence-corrected chi connectivity index (χ2v) is 3.54. The van der Waals surface area contributed by atoms with E-state index in [1.165, 1.54) is 6.92 Å². The van der Waals surface area contributed by atoms with Gasteiger partial charge in [-0.3, -0.25) is 4.79 Å². The molecule has 0 spiro atoms. The maximum atomic E-state index is 10.5. The third kappa shape index (κ3) is 5.58. The quantitative estimate of drug-likeness (QED) is 0.146. The molecule has 5 nitrogen and oxygen atoms in total. The predicted octanol–water partition coefficient (Wildman–Crippen LogP) is -0.116. The topological polar surface area (TPSA) is 62.7 Å². The summed E-state index contributed by atoms with van der Waals surface area (Å²) in [5.74, 6) is -0.439. The second-order valence-electron chi connectivity index (χ2n) is 3.54. The van der Waals surface area contributed by atoms with E-state index in [2.05, 4.69) is 9.53 Å². The first-order chi connectivity index (χ1) is 5.35. The fourth-order valence-electron chi connectivity index (χ4n) is 0.656. The Labute approximate surface area is 71.8 Å². The van der Waals surface area contributed by atoms with Crippen LogP contribution in [-0.4, -0.2) is 48.8 Å². The molecule has 0 aliphatic carbocycles. The predicted molar refractivity (Wildman–Crippen MR) is 43.3 cm³/mol. The number of carbonyl (C=O) groups is 1. The van der Waals surface area contributed by atoms with Crippen LogP contribution >= 0.6 is 0 Å². The smallest absolute Gasteiger partial charge is 0.358 e. The molecule has 0 N–H and O–H groups in total. The van der Waals surface area contributed by atoms with Crippen LogP contribution < -0.4 is 0 Å². The Balaban J connectivity index is 4.22. The molecule has 0 saturated carbocycles. The molecule has 68 valence electrons. The number of rotatable bonds is 2. The molecule has 0 aliphatic heterocycles. The lowest BCUT2D eigenvalue weighted by Crippen LogP contribution is -2.41. The van der Waals surface area contributed by atoms with E-state index in [-0.39, 0.29) is 5.90 Å². The zero-order valence-corrected chi connectivity index (χ0v) is 7.87. The molecule has 0 unspecified atom stereocenters. The van der Waals surface area contributed by atoms with Crippen molar-refractivity contribution in [3.8, 4) is 0 Å². The van der Waals surface area contributed by atoms with Crippen LogP contribution in [0.25, 0.3) is 5.53 Å². The van der Waals surface area contributed by atoms with Crippen LogP contribution in [-0.2, 0) is 9.53 Å². The minimum atomic E-state index is -0.476. The number of carbonyl (C=O) groups excluding carboxylic acids is 1. The molecule has 0 saturated heterocycles. The van der Waals surface area contributed by atoms with Gasteiger partial charge < -0.3 is 14.8 Å². The average Bonchev–Trinajstić information content (AvgIpc) is 1.82. The number of ether oxygens (including phenoxy) is 1. The largest absolute Gasteiger partial charge is 0.512 e. The lowest BCUT2D eigenvalue weighted by atomic mass is 10.5. The van der Waals surface area contributed by atoms with Crippen molar-refractivity contribution in [3.05, 3.63) is 5.53 Å². The van der Waals surface area contributed by atoms with Gasteiger partial charge in [-0.05, 0) is 0 Å². The number of likely N-dealkylation sites (N-methyl/N-ethyl adjacent to an activating group) is 1. The average molecular weight is 172 g/mol. The molecule has 0 rings (SSSR count). The Kier molecular flexibility index (Phi) is 3.60. The molecule has 0 bridgehead atoms. The summed E-state index contributed by atoms with van der Waals surface area (Å²) >= 11 is 0. The van der Waals surface area contributed by atoms with Gasteiger partial charge in [0.2, 0.25) is 6.54 Å². The summed E-state index contributed by atoms with van der Waals surface area (Å²) in [5.41, 5.74) is 8.44. The van der Waals surface area contributed by atoms with E-state index in [0.29, 0.717) is 11.0 Å². The summed E-state index contributed by atoms with van der Waals surface area (Å²) in [4.78, 5) is 13.3. The molecule has 0 aliphatic rings. The van der Waals surface area contributed by atoms with Crippen LogP contribution in [0.15, 0.2) is 0 Å². The SMILES string of the molecule is CC(=O)OC(C[N+](C)(C)C)=[N+]=[N-]. The van der Waals surface area contributed by atoms with Crippen LogP contribution in [0.3, 0.4) is 0 Å². The molecule has 12 heavy (non-hydrogen) atoms. The third-order valence-corrected chi connectivity index (χ3v) is 0.983. The Bertz CT molecular complexity index is 223. The molecule has 0 amide bonds. The van der Waals surface area contributed by atoms with Gasteiger partial charge in [-0.1, -0.05) is 0 Å². The molecule has 0 aromatic carbocycles. The highest BCUT2D eigenvalue weighted by molar-refractivity contribution is 5.84. The van der Waals surface area contributed by atoms with Crippen molar-refractivity contribution in [1.29, 1.82) is 0 Å². The molecule has 0 heterocycles. The maximum Gasteiger partial charge on any atom is 0.512 e. The van der Waals surface area contributed by atoms with Crippen LogP contribution in [0.5, 0.6) is 0 Å². The van der Waals surface area contributed by atoms with Crippen LogP contribution in [0.4, 0.5) is 0 Å². The summed E-state index contributed by atoms with van der Waals surface area (Å²) in [6.07, 6.45) is 0. The van der Waals surface area contributed by atoms with E-state index in [9.17, 15) is 4.79 Å². The lowest BCUT2D eigenvalue weighted by Gasteiger charge is -2.19. The van der Waals surface area contributed by atoms with Gasteiger partial charge in [0.1, 0.15) is 0 Å². The van der Waals surface area contributed by atoms with Gasteiger partial charge in [-0.25, -0.2) is 0 Å². The fraction of sp³-hybridized carbons (Fsp3) is 0.714. The molecular weight excluding hydrogens is 158 g/mol. The van der Waals surface area contributed by atoms with Crippen molar-refractivity contribution in [2.75, 3.05) is 27.7 Å². The van der Waals surface area contributed by atoms with E-state index >= 15 is 0 Å². The summed E-state index contributed by atoms with van der Waals surface area (Å²) in [5, 5.41) is 0. The van der Waals surface area contributed by atoms with Gasteiger partial charge in [0, 0.05) is 6.92 Å². The Morgan fingerprint density at radius 1 is 1.50 bits per heavy atom. The summed E-state index contributed by atoms with van der Waals surface area (Å²) in [6, 6.07) is 0. The van der Waals surface area contributed by atoms with Gasteiger partial charge >= 0.3 is 11.9 Å². The van der Waals surface area contributed by atoms with Crippen molar-refractivity contribution < 1.29 is 18.8 Å². The lowest BCUT2D eigenvalue weighted by molar-refractivity contribution is -0.862. The molecule has 0 fully saturated rings.